The van der Waals surface area contributed by atoms with Gasteiger partial charge >= 0.3 is 0 Å². The Balaban J connectivity index is 1.71. The molecule has 1 amide bonds. The minimum absolute atomic E-state index is 0.185. The number of rotatable bonds is 5. The molecule has 0 aliphatic carbocycles. The summed E-state index contributed by atoms with van der Waals surface area (Å²) >= 11 is 1.54. The molecule has 0 aliphatic heterocycles. The second kappa shape index (κ2) is 7.75. The number of hydrogen-bond donors (Lipinski definition) is 1. The van der Waals surface area contributed by atoms with Crippen molar-refractivity contribution < 1.29 is 9.18 Å². The number of aryl methyl sites for hydroxylation is 1. The first kappa shape index (κ1) is 19.3. The van der Waals surface area contributed by atoms with E-state index >= 15 is 0 Å². The van der Waals surface area contributed by atoms with Gasteiger partial charge in [-0.3, -0.25) is 9.59 Å². The van der Waals surface area contributed by atoms with Gasteiger partial charge in [-0.25, -0.2) is 9.07 Å². The van der Waals surface area contributed by atoms with E-state index in [1.165, 1.54) is 28.2 Å². The lowest BCUT2D eigenvalue weighted by Crippen LogP contribution is -2.38. The molecule has 0 bridgehead atoms. The summed E-state index contributed by atoms with van der Waals surface area (Å²) in [5.41, 5.74) is 1.11. The first-order valence-corrected chi connectivity index (χ1v) is 10.2. The third kappa shape index (κ3) is 3.53. The number of amides is 1. The van der Waals surface area contributed by atoms with Gasteiger partial charge in [0.25, 0.3) is 5.56 Å². The molecule has 2 aromatic carbocycles. The highest BCUT2D eigenvalue weighted by molar-refractivity contribution is 7.26. The number of thiophene rings is 1. The minimum Gasteiger partial charge on any atom is -0.350 e. The number of carbonyl (C=O) groups is 1. The second-order valence-corrected chi connectivity index (χ2v) is 7.96. The van der Waals surface area contributed by atoms with E-state index in [2.05, 4.69) is 10.4 Å². The van der Waals surface area contributed by atoms with E-state index in [-0.39, 0.29) is 23.8 Å². The number of halogens is 1. The zero-order valence-electron chi connectivity index (χ0n) is 16.1. The summed E-state index contributed by atoms with van der Waals surface area (Å²) in [6.45, 7) is 3.88. The summed E-state index contributed by atoms with van der Waals surface area (Å²) in [5, 5.41) is 8.74. The molecule has 148 valence electrons. The maximum absolute atomic E-state index is 13.4. The zero-order valence-corrected chi connectivity index (χ0v) is 16.9. The van der Waals surface area contributed by atoms with Crippen LogP contribution in [0.1, 0.15) is 30.6 Å². The smallest absolute Gasteiger partial charge is 0.276 e. The molecule has 0 aliphatic rings. The van der Waals surface area contributed by atoms with Crippen molar-refractivity contribution in [3.8, 4) is 0 Å². The number of nitrogens with zero attached hydrogens (tertiary/aromatic N) is 2. The van der Waals surface area contributed by atoms with Crippen LogP contribution in [-0.2, 0) is 11.3 Å². The molecule has 1 unspecified atom stereocenters. The van der Waals surface area contributed by atoms with Crippen LogP contribution in [-0.4, -0.2) is 15.7 Å². The van der Waals surface area contributed by atoms with Crippen molar-refractivity contribution in [1.82, 2.24) is 15.1 Å². The molecule has 1 N–H and O–H groups in total. The molecule has 0 fully saturated rings. The van der Waals surface area contributed by atoms with Crippen LogP contribution in [0.25, 0.3) is 20.2 Å². The lowest BCUT2D eigenvalue weighted by molar-refractivity contribution is -0.125. The molecule has 1 atom stereocenters. The van der Waals surface area contributed by atoms with E-state index in [1.807, 2.05) is 38.1 Å². The summed E-state index contributed by atoms with van der Waals surface area (Å²) in [6.07, 6.45) is 0.412. The SMILES string of the molecule is CCC(C(=O)NCc1cccc(F)c1)n1nc(C)c2sc3ccccc3c2c1=O. The Bertz CT molecular complexity index is 1280. The fourth-order valence-corrected chi connectivity index (χ4v) is 4.65. The minimum atomic E-state index is -0.738. The lowest BCUT2D eigenvalue weighted by atomic mass is 10.1. The van der Waals surface area contributed by atoms with E-state index in [0.717, 1.165) is 20.5 Å². The maximum atomic E-state index is 13.4. The van der Waals surface area contributed by atoms with Crippen LogP contribution in [0, 0.1) is 12.7 Å². The van der Waals surface area contributed by atoms with E-state index in [4.69, 9.17) is 0 Å². The molecule has 4 aromatic rings. The largest absolute Gasteiger partial charge is 0.350 e. The van der Waals surface area contributed by atoms with Crippen molar-refractivity contribution in [2.24, 2.45) is 0 Å². The molecule has 0 saturated carbocycles. The van der Waals surface area contributed by atoms with Crippen LogP contribution in [0.2, 0.25) is 0 Å². The molecule has 2 aromatic heterocycles. The monoisotopic (exact) mass is 409 g/mol. The molecule has 29 heavy (non-hydrogen) atoms. The van der Waals surface area contributed by atoms with Crippen molar-refractivity contribution in [1.29, 1.82) is 0 Å². The quantitative estimate of drug-likeness (QED) is 0.534. The normalized spacial score (nSPS) is 12.4. The molecule has 5 nitrogen and oxygen atoms in total. The van der Waals surface area contributed by atoms with E-state index < -0.39 is 6.04 Å². The van der Waals surface area contributed by atoms with Crippen molar-refractivity contribution in [3.63, 3.8) is 0 Å². The van der Waals surface area contributed by atoms with Gasteiger partial charge in [-0.1, -0.05) is 37.3 Å². The topological polar surface area (TPSA) is 64.0 Å². The molecule has 2 heterocycles. The molecule has 4 rings (SSSR count). The molecular formula is C22H20FN3O2S. The van der Waals surface area contributed by atoms with Gasteiger partial charge in [0.1, 0.15) is 11.9 Å². The number of benzene rings is 2. The van der Waals surface area contributed by atoms with E-state index in [9.17, 15) is 14.0 Å². The maximum Gasteiger partial charge on any atom is 0.276 e. The average Bonchev–Trinajstić information content (AvgIpc) is 3.11. The Morgan fingerprint density at radius 1 is 1.24 bits per heavy atom. The molecule has 0 saturated heterocycles. The van der Waals surface area contributed by atoms with Gasteiger partial charge in [-0.2, -0.15) is 5.10 Å². The Hall–Kier alpha value is -3.06. The number of fused-ring (bicyclic) bond motifs is 3. The van der Waals surface area contributed by atoms with Crippen molar-refractivity contribution in [2.45, 2.75) is 32.9 Å². The third-order valence-electron chi connectivity index (χ3n) is 4.94. The van der Waals surface area contributed by atoms with Gasteiger partial charge < -0.3 is 5.32 Å². The highest BCUT2D eigenvalue weighted by Gasteiger charge is 2.24. The van der Waals surface area contributed by atoms with Crippen LogP contribution in [0.15, 0.2) is 53.3 Å². The lowest BCUT2D eigenvalue weighted by Gasteiger charge is -2.17. The average molecular weight is 409 g/mol. The Morgan fingerprint density at radius 2 is 2.03 bits per heavy atom. The van der Waals surface area contributed by atoms with E-state index in [0.29, 0.717) is 17.4 Å². The highest BCUT2D eigenvalue weighted by Crippen LogP contribution is 2.33. The first-order chi connectivity index (χ1) is 14.0. The summed E-state index contributed by atoms with van der Waals surface area (Å²) < 4.78 is 16.5. The summed E-state index contributed by atoms with van der Waals surface area (Å²) in [4.78, 5) is 26.1. The molecule has 0 radical (unpaired) electrons. The first-order valence-electron chi connectivity index (χ1n) is 9.42. The number of hydrogen-bond acceptors (Lipinski definition) is 4. The summed E-state index contributed by atoms with van der Waals surface area (Å²) in [5.74, 6) is -0.670. The zero-order chi connectivity index (χ0) is 20.5. The van der Waals surface area contributed by atoms with Crippen LogP contribution >= 0.6 is 11.3 Å². The van der Waals surface area contributed by atoms with Crippen LogP contribution < -0.4 is 10.9 Å². The standard InChI is InChI=1S/C22H20FN3O2S/c1-3-17(21(27)24-12-14-7-6-8-15(23)11-14)26-22(28)19-16-9-4-5-10-18(16)29-20(19)13(2)25-26/h4-11,17H,3,12H2,1-2H3,(H,24,27). The van der Waals surface area contributed by atoms with Crippen molar-refractivity contribution >= 4 is 37.4 Å². The van der Waals surface area contributed by atoms with Gasteiger partial charge in [0.2, 0.25) is 5.91 Å². The Morgan fingerprint density at radius 3 is 2.79 bits per heavy atom. The number of nitrogens with one attached hydrogen (secondary N) is 1. The molecule has 7 heteroatoms. The molecular weight excluding hydrogens is 389 g/mol. The van der Waals surface area contributed by atoms with Crippen LogP contribution in [0.4, 0.5) is 4.39 Å². The fraction of sp³-hybridized carbons (Fsp3) is 0.227. The van der Waals surface area contributed by atoms with Gasteiger partial charge in [0, 0.05) is 16.6 Å². The fourth-order valence-electron chi connectivity index (χ4n) is 3.51. The Kier molecular flexibility index (Phi) is 5.15. The third-order valence-corrected chi connectivity index (χ3v) is 6.22. The van der Waals surface area contributed by atoms with Gasteiger partial charge in [0.05, 0.1) is 15.8 Å². The van der Waals surface area contributed by atoms with Gasteiger partial charge in [0.15, 0.2) is 0 Å². The van der Waals surface area contributed by atoms with Crippen molar-refractivity contribution in [2.75, 3.05) is 0 Å². The predicted octanol–water partition coefficient (Wildman–Crippen LogP) is 4.33. The summed E-state index contributed by atoms with van der Waals surface area (Å²) in [6, 6.07) is 13.1. The van der Waals surface area contributed by atoms with Crippen LogP contribution in [0.3, 0.4) is 0 Å². The van der Waals surface area contributed by atoms with Gasteiger partial charge in [-0.05, 0) is 37.1 Å². The predicted molar refractivity (Wildman–Crippen MR) is 114 cm³/mol. The number of aromatic nitrogens is 2. The molecule has 0 spiro atoms. The highest BCUT2D eigenvalue weighted by atomic mass is 32.1. The Labute approximate surface area is 170 Å². The van der Waals surface area contributed by atoms with Crippen LogP contribution in [0.5, 0.6) is 0 Å². The number of carbonyl (C=O) groups excluding carboxylic acids is 1. The van der Waals surface area contributed by atoms with Crippen molar-refractivity contribution in [3.05, 3.63) is 76.0 Å². The second-order valence-electron chi connectivity index (χ2n) is 6.91. The van der Waals surface area contributed by atoms with E-state index in [1.54, 1.807) is 12.1 Å². The summed E-state index contributed by atoms with van der Waals surface area (Å²) in [7, 11) is 0. The van der Waals surface area contributed by atoms with Gasteiger partial charge in [-0.15, -0.1) is 11.3 Å².